The van der Waals surface area contributed by atoms with Crippen molar-refractivity contribution in [2.75, 3.05) is 0 Å². The first-order chi connectivity index (χ1) is 9.63. The van der Waals surface area contributed by atoms with Crippen LogP contribution < -0.4 is 14.8 Å². The fraction of sp³-hybridized carbons (Fsp3) is 0.0714. The number of nitrogen functional groups attached to an aromatic ring is 1. The van der Waals surface area contributed by atoms with Crippen LogP contribution in [0.25, 0.3) is 11.1 Å². The summed E-state index contributed by atoms with van der Waals surface area (Å²) in [6.45, 7) is 0. The number of hydrogen-bond donors (Lipinski definition) is 4. The molecule has 0 atom stereocenters. The van der Waals surface area contributed by atoms with E-state index in [1.807, 2.05) is 24.3 Å². The van der Waals surface area contributed by atoms with E-state index in [1.165, 1.54) is 5.56 Å². The van der Waals surface area contributed by atoms with Gasteiger partial charge in [0.05, 0.1) is 0 Å². The van der Waals surface area contributed by atoms with Crippen LogP contribution in [0.3, 0.4) is 0 Å². The van der Waals surface area contributed by atoms with Crippen molar-refractivity contribution in [1.29, 1.82) is 5.41 Å². The van der Waals surface area contributed by atoms with Crippen LogP contribution in [0.15, 0.2) is 48.5 Å². The topological polar surface area (TPSA) is 87.9 Å². The average Bonchev–Trinajstić information content (AvgIpc) is 2.48. The van der Waals surface area contributed by atoms with Crippen molar-refractivity contribution in [2.24, 2.45) is 11.6 Å². The molecule has 0 saturated heterocycles. The summed E-state index contributed by atoms with van der Waals surface area (Å²) >= 11 is 4.17. The van der Waals surface area contributed by atoms with E-state index in [2.05, 4.69) is 49.3 Å². The molecule has 0 aliphatic rings. The standard InChI is InChI=1S/C14H13BrN2.H3N2.Tl/c15-9-10-5-7-11(8-6-10)12-3-1-2-4-13(12)14(16)17;1-2;/h1-8H,9H2,(H3,16,17);1H,2H2;/q;-1;+1. The minimum absolute atomic E-state index is 0.102. The van der Waals surface area contributed by atoms with Crippen LogP contribution in [-0.4, -0.2) is 31.9 Å². The third-order valence-corrected chi connectivity index (χ3v) is 3.28. The molecular formula is C14H16BrN4Tl. The van der Waals surface area contributed by atoms with Crippen LogP contribution in [-0.2, 0) is 5.33 Å². The van der Waals surface area contributed by atoms with E-state index in [-0.39, 0.29) is 5.84 Å². The fourth-order valence-corrected chi connectivity index (χ4v) is 2.12. The molecule has 20 heavy (non-hydrogen) atoms. The number of nitrogens with two attached hydrogens (primary N) is 2. The molecule has 0 aromatic heterocycles. The second-order valence-corrected chi connectivity index (χ2v) is 5.81. The van der Waals surface area contributed by atoms with Crippen LogP contribution >= 0.6 is 15.9 Å². The molecule has 0 unspecified atom stereocenters. The predicted molar refractivity (Wildman–Crippen MR) is 88.6 cm³/mol. The van der Waals surface area contributed by atoms with Crippen LogP contribution in [0.5, 0.6) is 0 Å². The first kappa shape index (κ1) is 17.3. The van der Waals surface area contributed by atoms with Gasteiger partial charge in [-0.2, -0.15) is 0 Å². The molecule has 0 fully saturated rings. The molecule has 0 heterocycles. The van der Waals surface area contributed by atoms with Gasteiger partial charge in [0.2, 0.25) is 0 Å². The van der Waals surface area contributed by atoms with Crippen LogP contribution in [0.2, 0.25) is 0 Å². The van der Waals surface area contributed by atoms with Crippen LogP contribution in [0, 0.1) is 5.41 Å². The van der Waals surface area contributed by atoms with Gasteiger partial charge in [0.1, 0.15) is 5.84 Å². The van der Waals surface area contributed by atoms with Crippen molar-refractivity contribution < 1.29 is 0 Å². The Labute approximate surface area is 143 Å². The number of nitrogens with one attached hydrogen (secondary N) is 2. The molecule has 6 N–H and O–H groups in total. The first-order valence-electron chi connectivity index (χ1n) is 5.89. The van der Waals surface area contributed by atoms with Gasteiger partial charge in [0, 0.05) is 10.9 Å². The van der Waals surface area contributed by atoms with Gasteiger partial charge in [-0.3, -0.25) is 5.41 Å². The Morgan fingerprint density at radius 1 is 1.15 bits per heavy atom. The van der Waals surface area contributed by atoms with Crippen molar-refractivity contribution in [2.45, 2.75) is 5.33 Å². The number of hydrogen-bond acceptors (Lipinski definition) is 3. The van der Waals surface area contributed by atoms with Crippen molar-refractivity contribution >= 4 is 47.8 Å². The summed E-state index contributed by atoms with van der Waals surface area (Å²) in [6, 6.07) is 16.0. The summed E-state index contributed by atoms with van der Waals surface area (Å²) < 4.78 is 2.42. The third kappa shape index (κ3) is 4.97. The summed E-state index contributed by atoms with van der Waals surface area (Å²) in [6.07, 6.45) is 0. The number of alkyl halides is 1. The monoisotopic (exact) mass is 524 g/mol. The maximum absolute atomic E-state index is 7.57. The summed E-state index contributed by atoms with van der Waals surface area (Å²) in [5, 5.41) is 8.42. The van der Waals surface area contributed by atoms with Crippen molar-refractivity contribution in [3.63, 3.8) is 0 Å². The van der Waals surface area contributed by atoms with Gasteiger partial charge >= 0.3 is 35.1 Å². The molecule has 2 rings (SSSR count). The Morgan fingerprint density at radius 3 is 2.20 bits per heavy atom. The van der Waals surface area contributed by atoms with Gasteiger partial charge in [0.25, 0.3) is 0 Å². The molecule has 6 heteroatoms. The minimum atomic E-state index is 0.102. The number of halogens is 1. The van der Waals surface area contributed by atoms with Gasteiger partial charge in [-0.1, -0.05) is 64.5 Å². The molecule has 0 saturated carbocycles. The molecule has 0 amide bonds. The molecular weight excluding hydrogens is 508 g/mol. The molecule has 2 aromatic rings. The van der Waals surface area contributed by atoms with Crippen molar-refractivity contribution in [3.8, 4) is 11.1 Å². The maximum atomic E-state index is 7.57. The molecule has 0 bridgehead atoms. The van der Waals surface area contributed by atoms with Gasteiger partial charge in [-0.25, -0.2) is 0 Å². The Bertz CT molecular complexity index is 557. The van der Waals surface area contributed by atoms with Crippen molar-refractivity contribution in [3.05, 3.63) is 59.7 Å². The first-order valence-corrected chi connectivity index (χ1v) is 9.25. The van der Waals surface area contributed by atoms with E-state index in [9.17, 15) is 0 Å². The third-order valence-electron chi connectivity index (χ3n) is 2.64. The molecule has 4 nitrogen and oxygen atoms in total. The van der Waals surface area contributed by atoms with Crippen molar-refractivity contribution in [1.82, 2.24) is 3.24 Å². The number of hydrazine groups is 1. The van der Waals surface area contributed by atoms with E-state index in [0.717, 1.165) is 48.1 Å². The molecule has 0 radical (unpaired) electrons. The van der Waals surface area contributed by atoms with Gasteiger partial charge in [-0.05, 0) is 16.7 Å². The van der Waals surface area contributed by atoms with Crippen LogP contribution in [0.4, 0.5) is 0 Å². The van der Waals surface area contributed by atoms with E-state index < -0.39 is 0 Å². The second kappa shape index (κ2) is 9.22. The fourth-order valence-electron chi connectivity index (χ4n) is 1.74. The molecule has 0 aliphatic carbocycles. The SMILES string of the molecule is N=C(N)c1ccccc1-c1ccc(CBr)cc1.N[NH][Tl]. The zero-order valence-corrected chi connectivity index (χ0v) is 17.0. The van der Waals surface area contributed by atoms with E-state index in [4.69, 9.17) is 11.1 Å². The number of rotatable bonds is 3. The zero-order valence-electron chi connectivity index (χ0n) is 10.9. The Balaban J connectivity index is 0.000000612. The predicted octanol–water partition coefficient (Wildman–Crippen LogP) is 2.07. The molecule has 0 spiro atoms. The van der Waals surface area contributed by atoms with Gasteiger partial charge in [-0.15, -0.1) is 0 Å². The Morgan fingerprint density at radius 2 is 1.70 bits per heavy atom. The number of amidine groups is 1. The normalized spacial score (nSPS) is 9.45. The van der Waals surface area contributed by atoms with Crippen LogP contribution in [0.1, 0.15) is 11.1 Å². The van der Waals surface area contributed by atoms with Gasteiger partial charge < -0.3 is 5.73 Å². The number of benzene rings is 2. The second-order valence-electron chi connectivity index (χ2n) is 3.96. The zero-order chi connectivity index (χ0) is 15.0. The summed E-state index contributed by atoms with van der Waals surface area (Å²) in [5.41, 5.74) is 9.68. The quantitative estimate of drug-likeness (QED) is 0.124. The average molecular weight is 525 g/mol. The molecule has 2 aromatic carbocycles. The van der Waals surface area contributed by atoms with E-state index in [1.54, 1.807) is 0 Å². The summed E-state index contributed by atoms with van der Waals surface area (Å²) in [4.78, 5) is 0. The van der Waals surface area contributed by atoms with Gasteiger partial charge in [0.15, 0.2) is 0 Å². The Kier molecular flexibility index (Phi) is 7.97. The summed E-state index contributed by atoms with van der Waals surface area (Å²) in [7, 11) is 0. The summed E-state index contributed by atoms with van der Waals surface area (Å²) in [5.74, 6) is 4.77. The molecule has 102 valence electrons. The molecule has 0 aliphatic heterocycles. The Hall–Kier alpha value is -0.768. The van der Waals surface area contributed by atoms with E-state index >= 15 is 0 Å². The van der Waals surface area contributed by atoms with E-state index in [0.29, 0.717) is 0 Å².